The zero-order valence-corrected chi connectivity index (χ0v) is 12.2. The van der Waals surface area contributed by atoms with Crippen LogP contribution in [0.1, 0.15) is 43.7 Å². The fourth-order valence-electron chi connectivity index (χ4n) is 2.86. The van der Waals surface area contributed by atoms with Crippen molar-refractivity contribution >= 4 is 0 Å². The molecule has 0 amide bonds. The fraction of sp³-hybridized carbons (Fsp3) is 0.625. The van der Waals surface area contributed by atoms with Crippen LogP contribution in [-0.4, -0.2) is 17.3 Å². The molecule has 2 rings (SSSR count). The first-order valence-electron chi connectivity index (χ1n) is 7.38. The van der Waals surface area contributed by atoms with Gasteiger partial charge in [-0.2, -0.15) is 13.2 Å². The molecule has 1 fully saturated rings. The maximum absolute atomic E-state index is 12.9. The molecule has 2 N–H and O–H groups in total. The summed E-state index contributed by atoms with van der Waals surface area (Å²) >= 11 is 0. The lowest BCUT2D eigenvalue weighted by Crippen LogP contribution is -2.43. The summed E-state index contributed by atoms with van der Waals surface area (Å²) in [7, 11) is 0. The van der Waals surface area contributed by atoms with Gasteiger partial charge in [0.2, 0.25) is 0 Å². The highest BCUT2D eigenvalue weighted by Crippen LogP contribution is 2.33. The molecule has 0 aliphatic heterocycles. The maximum atomic E-state index is 12.9. The fourth-order valence-corrected chi connectivity index (χ4v) is 2.86. The van der Waals surface area contributed by atoms with Gasteiger partial charge in [-0.15, -0.1) is 0 Å². The van der Waals surface area contributed by atoms with E-state index in [4.69, 9.17) is 0 Å². The Morgan fingerprint density at radius 2 is 1.86 bits per heavy atom. The van der Waals surface area contributed by atoms with Crippen LogP contribution in [-0.2, 0) is 12.7 Å². The third kappa shape index (κ3) is 4.45. The Balaban J connectivity index is 1.92. The van der Waals surface area contributed by atoms with Crippen LogP contribution < -0.4 is 5.32 Å². The summed E-state index contributed by atoms with van der Waals surface area (Å²) < 4.78 is 38.6. The van der Waals surface area contributed by atoms with Crippen LogP contribution in [0.15, 0.2) is 24.3 Å². The van der Waals surface area contributed by atoms with Gasteiger partial charge in [0.25, 0.3) is 0 Å². The monoisotopic (exact) mass is 301 g/mol. The molecule has 0 bridgehead atoms. The minimum Gasteiger partial charge on any atom is -0.389 e. The van der Waals surface area contributed by atoms with Crippen LogP contribution in [0, 0.1) is 5.92 Å². The van der Waals surface area contributed by atoms with Crippen molar-refractivity contribution in [1.82, 2.24) is 5.32 Å². The second-order valence-electron chi connectivity index (χ2n) is 6.17. The van der Waals surface area contributed by atoms with Gasteiger partial charge in [0.15, 0.2) is 0 Å². The first-order valence-corrected chi connectivity index (χ1v) is 7.38. The van der Waals surface area contributed by atoms with Gasteiger partial charge in [-0.1, -0.05) is 25.1 Å². The number of alkyl halides is 3. The van der Waals surface area contributed by atoms with Crippen LogP contribution in [0.5, 0.6) is 0 Å². The SMILES string of the molecule is CC1CCC(O)(CNCc2ccccc2C(F)(F)F)CC1. The average Bonchev–Trinajstić information content (AvgIpc) is 2.42. The van der Waals surface area contributed by atoms with E-state index in [1.54, 1.807) is 6.07 Å². The summed E-state index contributed by atoms with van der Waals surface area (Å²) in [5.74, 6) is 0.622. The van der Waals surface area contributed by atoms with E-state index in [9.17, 15) is 18.3 Å². The Morgan fingerprint density at radius 3 is 2.48 bits per heavy atom. The van der Waals surface area contributed by atoms with Crippen molar-refractivity contribution in [3.05, 3.63) is 35.4 Å². The molecule has 1 aliphatic rings. The van der Waals surface area contributed by atoms with E-state index in [0.717, 1.165) is 18.9 Å². The van der Waals surface area contributed by atoms with E-state index < -0.39 is 17.3 Å². The van der Waals surface area contributed by atoms with E-state index >= 15 is 0 Å². The second-order valence-corrected chi connectivity index (χ2v) is 6.17. The van der Waals surface area contributed by atoms with Gasteiger partial charge >= 0.3 is 6.18 Å². The number of hydrogen-bond acceptors (Lipinski definition) is 2. The largest absolute Gasteiger partial charge is 0.416 e. The van der Waals surface area contributed by atoms with Crippen molar-refractivity contribution in [3.8, 4) is 0 Å². The third-order valence-corrected chi connectivity index (χ3v) is 4.30. The second kappa shape index (κ2) is 6.36. The quantitative estimate of drug-likeness (QED) is 0.888. The molecule has 118 valence electrons. The molecule has 2 nitrogen and oxygen atoms in total. The summed E-state index contributed by atoms with van der Waals surface area (Å²) in [6.07, 6.45) is -0.978. The average molecular weight is 301 g/mol. The highest BCUT2D eigenvalue weighted by atomic mass is 19.4. The number of nitrogens with one attached hydrogen (secondary N) is 1. The van der Waals surface area contributed by atoms with Gasteiger partial charge in [-0.3, -0.25) is 0 Å². The number of benzene rings is 1. The van der Waals surface area contributed by atoms with E-state index in [1.807, 2.05) is 0 Å². The lowest BCUT2D eigenvalue weighted by Gasteiger charge is -2.35. The van der Waals surface area contributed by atoms with Crippen molar-refractivity contribution in [2.75, 3.05) is 6.54 Å². The predicted molar refractivity (Wildman–Crippen MR) is 75.7 cm³/mol. The van der Waals surface area contributed by atoms with Crippen LogP contribution in [0.25, 0.3) is 0 Å². The Kier molecular flexibility index (Phi) is 4.94. The van der Waals surface area contributed by atoms with E-state index in [-0.39, 0.29) is 12.1 Å². The Bertz CT molecular complexity index is 465. The van der Waals surface area contributed by atoms with Crippen molar-refractivity contribution < 1.29 is 18.3 Å². The van der Waals surface area contributed by atoms with Crippen molar-refractivity contribution in [3.63, 3.8) is 0 Å². The zero-order valence-electron chi connectivity index (χ0n) is 12.2. The van der Waals surface area contributed by atoms with Crippen molar-refractivity contribution in [2.24, 2.45) is 5.92 Å². The summed E-state index contributed by atoms with van der Waals surface area (Å²) in [5, 5.41) is 13.4. The van der Waals surface area contributed by atoms with Gasteiger partial charge in [0.1, 0.15) is 0 Å². The smallest absolute Gasteiger partial charge is 0.389 e. The highest BCUT2D eigenvalue weighted by molar-refractivity contribution is 5.29. The van der Waals surface area contributed by atoms with Gasteiger partial charge in [0.05, 0.1) is 11.2 Å². The molecule has 1 aromatic carbocycles. The van der Waals surface area contributed by atoms with Gasteiger partial charge in [-0.25, -0.2) is 0 Å². The Hall–Kier alpha value is -1.07. The van der Waals surface area contributed by atoms with Gasteiger partial charge in [0, 0.05) is 13.1 Å². The van der Waals surface area contributed by atoms with Crippen LogP contribution in [0.3, 0.4) is 0 Å². The molecule has 5 heteroatoms. The molecule has 0 spiro atoms. The minimum atomic E-state index is -4.34. The number of rotatable bonds is 4. The first kappa shape index (κ1) is 16.3. The summed E-state index contributed by atoms with van der Waals surface area (Å²) in [6, 6.07) is 5.56. The zero-order chi connectivity index (χ0) is 15.5. The molecule has 1 saturated carbocycles. The normalized spacial score (nSPS) is 26.8. The van der Waals surface area contributed by atoms with Crippen molar-refractivity contribution in [2.45, 2.75) is 50.9 Å². The summed E-state index contributed by atoms with van der Waals surface area (Å²) in [4.78, 5) is 0. The van der Waals surface area contributed by atoms with Crippen LogP contribution in [0.2, 0.25) is 0 Å². The van der Waals surface area contributed by atoms with E-state index in [1.165, 1.54) is 12.1 Å². The number of aliphatic hydroxyl groups is 1. The summed E-state index contributed by atoms with van der Waals surface area (Å²) in [6.45, 7) is 2.62. The predicted octanol–water partition coefficient (Wildman–Crippen LogP) is 3.74. The molecular weight excluding hydrogens is 279 g/mol. The van der Waals surface area contributed by atoms with Gasteiger partial charge in [-0.05, 0) is 43.2 Å². The molecule has 1 aromatic rings. The van der Waals surface area contributed by atoms with E-state index in [2.05, 4.69) is 12.2 Å². The molecule has 0 unspecified atom stereocenters. The van der Waals surface area contributed by atoms with E-state index in [0.29, 0.717) is 25.3 Å². The van der Waals surface area contributed by atoms with Crippen molar-refractivity contribution in [1.29, 1.82) is 0 Å². The van der Waals surface area contributed by atoms with Crippen LogP contribution >= 0.6 is 0 Å². The topological polar surface area (TPSA) is 32.3 Å². The molecule has 1 aliphatic carbocycles. The molecule has 0 saturated heterocycles. The minimum absolute atomic E-state index is 0.119. The van der Waals surface area contributed by atoms with Gasteiger partial charge < -0.3 is 10.4 Å². The highest BCUT2D eigenvalue weighted by Gasteiger charge is 2.34. The number of hydrogen-bond donors (Lipinski definition) is 2. The summed E-state index contributed by atoms with van der Waals surface area (Å²) in [5.41, 5.74) is -1.17. The molecule has 0 heterocycles. The Labute approximate surface area is 123 Å². The third-order valence-electron chi connectivity index (χ3n) is 4.30. The molecule has 0 aromatic heterocycles. The lowest BCUT2D eigenvalue weighted by atomic mass is 9.79. The molecule has 21 heavy (non-hydrogen) atoms. The first-order chi connectivity index (χ1) is 9.80. The molecular formula is C16H22F3NO. The molecule has 0 atom stereocenters. The standard InChI is InChI=1S/C16H22F3NO/c1-12-6-8-15(21,9-7-12)11-20-10-13-4-2-3-5-14(13)16(17,18)19/h2-5,12,20-21H,6-11H2,1H3. The lowest BCUT2D eigenvalue weighted by molar-refractivity contribution is -0.138. The Morgan fingerprint density at radius 1 is 1.24 bits per heavy atom. The molecule has 0 radical (unpaired) electrons. The van der Waals surface area contributed by atoms with Crippen LogP contribution in [0.4, 0.5) is 13.2 Å². The maximum Gasteiger partial charge on any atom is 0.416 e. The number of halogens is 3.